The largest absolute Gasteiger partial charge is 0.491 e. The van der Waals surface area contributed by atoms with E-state index in [9.17, 15) is 4.79 Å². The predicted octanol–water partition coefficient (Wildman–Crippen LogP) is 5.41. The normalized spacial score (nSPS) is 22.6. The molecule has 1 fully saturated rings. The number of hydrogen-bond donors (Lipinski definition) is 2. The number of nitrogens with zero attached hydrogens (tertiary/aromatic N) is 2. The lowest BCUT2D eigenvalue weighted by Gasteiger charge is -2.39. The van der Waals surface area contributed by atoms with Crippen molar-refractivity contribution in [2.45, 2.75) is 59.5 Å². The molecule has 6 heteroatoms. The molecule has 0 saturated heterocycles. The summed E-state index contributed by atoms with van der Waals surface area (Å²) in [6.07, 6.45) is 3.48. The molecule has 6 nitrogen and oxygen atoms in total. The molecule has 168 valence electrons. The number of para-hydroxylation sites is 2. The number of carbonyl (C=O) groups is 1. The molecular weight excluding hydrogens is 400 g/mol. The van der Waals surface area contributed by atoms with Gasteiger partial charge in [-0.1, -0.05) is 32.9 Å². The summed E-state index contributed by atoms with van der Waals surface area (Å²) in [7, 11) is 0. The average molecular weight is 433 g/mol. The number of aromatic nitrogens is 2. The number of ether oxygens (including phenoxy) is 1. The van der Waals surface area contributed by atoms with E-state index in [1.165, 1.54) is 0 Å². The maximum Gasteiger partial charge on any atom is 0.246 e. The fourth-order valence-electron chi connectivity index (χ4n) is 4.72. The highest BCUT2D eigenvalue weighted by Gasteiger charge is 2.57. The molecule has 0 radical (unpaired) electrons. The number of benzene rings is 2. The number of hydrogen-bond acceptors (Lipinski definition) is 4. The molecule has 0 spiro atoms. The van der Waals surface area contributed by atoms with Crippen LogP contribution in [0.1, 0.15) is 64.8 Å². The number of imidazole rings is 1. The number of amides is 1. The molecule has 0 bridgehead atoms. The lowest BCUT2D eigenvalue weighted by atomic mass is 9.65. The van der Waals surface area contributed by atoms with Crippen molar-refractivity contribution in [1.29, 1.82) is 0 Å². The Hall–Kier alpha value is -3.15. The number of nitrogens with one attached hydrogen (secondary N) is 2. The Morgan fingerprint density at radius 2 is 1.91 bits per heavy atom. The van der Waals surface area contributed by atoms with Gasteiger partial charge in [-0.05, 0) is 74.1 Å². The predicted molar refractivity (Wildman–Crippen MR) is 128 cm³/mol. The van der Waals surface area contributed by atoms with Crippen LogP contribution in [0.5, 0.6) is 5.75 Å². The van der Waals surface area contributed by atoms with E-state index in [2.05, 4.69) is 29.4 Å². The van der Waals surface area contributed by atoms with Crippen molar-refractivity contribution in [3.8, 4) is 5.75 Å². The average Bonchev–Trinajstić information content (AvgIpc) is 3.27. The number of carbonyl (C=O) groups excluding carboxylic acids is 1. The van der Waals surface area contributed by atoms with Gasteiger partial charge in [0.1, 0.15) is 11.6 Å². The maximum absolute atomic E-state index is 13.2. The van der Waals surface area contributed by atoms with E-state index in [-0.39, 0.29) is 23.3 Å². The SMILES string of the molecule is CC(C)Oc1ccc(C=NNC(=O)C2(C)CCC(c3nc4ccccc4[nH]3)C2(C)C)cc1. The molecule has 1 amide bonds. The molecule has 2 atom stereocenters. The zero-order valence-electron chi connectivity index (χ0n) is 19.5. The Morgan fingerprint density at radius 1 is 1.19 bits per heavy atom. The van der Waals surface area contributed by atoms with Crippen LogP contribution < -0.4 is 10.2 Å². The molecule has 0 aliphatic heterocycles. The van der Waals surface area contributed by atoms with Crippen LogP contribution in [0.15, 0.2) is 53.6 Å². The molecule has 1 heterocycles. The minimum atomic E-state index is -0.553. The van der Waals surface area contributed by atoms with Gasteiger partial charge >= 0.3 is 0 Å². The van der Waals surface area contributed by atoms with Crippen molar-refractivity contribution < 1.29 is 9.53 Å². The third-order valence-electron chi connectivity index (χ3n) is 7.10. The van der Waals surface area contributed by atoms with Gasteiger partial charge in [0, 0.05) is 5.92 Å². The maximum atomic E-state index is 13.2. The minimum Gasteiger partial charge on any atom is -0.491 e. The third kappa shape index (κ3) is 4.01. The van der Waals surface area contributed by atoms with E-state index < -0.39 is 5.41 Å². The molecule has 2 aromatic carbocycles. The summed E-state index contributed by atoms with van der Waals surface area (Å²) in [5.41, 5.74) is 4.85. The highest BCUT2D eigenvalue weighted by Crippen LogP contribution is 2.59. The lowest BCUT2D eigenvalue weighted by molar-refractivity contribution is -0.135. The topological polar surface area (TPSA) is 79.4 Å². The number of hydrazone groups is 1. The van der Waals surface area contributed by atoms with E-state index in [1.54, 1.807) is 6.21 Å². The first-order valence-electron chi connectivity index (χ1n) is 11.3. The van der Waals surface area contributed by atoms with Crippen molar-refractivity contribution in [2.24, 2.45) is 15.9 Å². The van der Waals surface area contributed by atoms with Crippen LogP contribution in [-0.4, -0.2) is 28.2 Å². The molecule has 32 heavy (non-hydrogen) atoms. The van der Waals surface area contributed by atoms with Gasteiger partial charge in [-0.25, -0.2) is 10.4 Å². The zero-order valence-corrected chi connectivity index (χ0v) is 19.5. The van der Waals surface area contributed by atoms with Crippen LogP contribution in [0, 0.1) is 10.8 Å². The van der Waals surface area contributed by atoms with Crippen molar-refractivity contribution in [3.63, 3.8) is 0 Å². The van der Waals surface area contributed by atoms with Crippen LogP contribution in [0.2, 0.25) is 0 Å². The second-order valence-electron chi connectivity index (χ2n) is 9.72. The Kier molecular flexibility index (Phi) is 5.80. The summed E-state index contributed by atoms with van der Waals surface area (Å²) in [6.45, 7) is 10.4. The fourth-order valence-corrected chi connectivity index (χ4v) is 4.72. The van der Waals surface area contributed by atoms with Crippen LogP contribution >= 0.6 is 0 Å². The van der Waals surface area contributed by atoms with Crippen LogP contribution in [-0.2, 0) is 4.79 Å². The molecular formula is C26H32N4O2. The van der Waals surface area contributed by atoms with Gasteiger partial charge in [-0.2, -0.15) is 5.10 Å². The van der Waals surface area contributed by atoms with E-state index >= 15 is 0 Å². The summed E-state index contributed by atoms with van der Waals surface area (Å²) >= 11 is 0. The smallest absolute Gasteiger partial charge is 0.246 e. The van der Waals surface area contributed by atoms with Gasteiger partial charge < -0.3 is 9.72 Å². The second kappa shape index (κ2) is 8.41. The van der Waals surface area contributed by atoms with Crippen molar-refractivity contribution >= 4 is 23.2 Å². The highest BCUT2D eigenvalue weighted by molar-refractivity contribution is 5.86. The molecule has 2 unspecified atom stereocenters. The first-order valence-corrected chi connectivity index (χ1v) is 11.3. The summed E-state index contributed by atoms with van der Waals surface area (Å²) in [6, 6.07) is 15.7. The summed E-state index contributed by atoms with van der Waals surface area (Å²) in [5.74, 6) is 1.89. The number of aromatic amines is 1. The Morgan fingerprint density at radius 3 is 2.59 bits per heavy atom. The number of fused-ring (bicyclic) bond motifs is 1. The number of H-pyrrole nitrogens is 1. The van der Waals surface area contributed by atoms with Crippen molar-refractivity contribution in [1.82, 2.24) is 15.4 Å². The first kappa shape index (κ1) is 22.1. The molecule has 2 N–H and O–H groups in total. The molecule has 1 saturated carbocycles. The first-order chi connectivity index (χ1) is 15.2. The molecule has 1 aliphatic carbocycles. The zero-order chi connectivity index (χ0) is 22.9. The van der Waals surface area contributed by atoms with Gasteiger partial charge in [-0.15, -0.1) is 0 Å². The van der Waals surface area contributed by atoms with E-state index in [0.29, 0.717) is 0 Å². The Labute approximate surface area is 189 Å². The molecule has 1 aliphatic rings. The third-order valence-corrected chi connectivity index (χ3v) is 7.10. The summed E-state index contributed by atoms with van der Waals surface area (Å²) < 4.78 is 5.66. The second-order valence-corrected chi connectivity index (χ2v) is 9.72. The standard InChI is InChI=1S/C26H32N4O2/c1-17(2)32-19-12-10-18(11-13-19)16-27-30-24(31)26(5)15-14-20(25(26,3)4)23-28-21-8-6-7-9-22(21)29-23/h6-13,16-17,20H,14-15H2,1-5H3,(H,28,29)(H,30,31). The van der Waals surface area contributed by atoms with E-state index in [4.69, 9.17) is 9.72 Å². The monoisotopic (exact) mass is 432 g/mol. The fraction of sp³-hybridized carbons (Fsp3) is 0.423. The quantitative estimate of drug-likeness (QED) is 0.404. The summed E-state index contributed by atoms with van der Waals surface area (Å²) in [5, 5.41) is 4.23. The lowest BCUT2D eigenvalue weighted by Crippen LogP contribution is -2.45. The van der Waals surface area contributed by atoms with Crippen molar-refractivity contribution in [2.75, 3.05) is 0 Å². The Balaban J connectivity index is 1.45. The van der Waals surface area contributed by atoms with Crippen LogP contribution in [0.25, 0.3) is 11.0 Å². The van der Waals surface area contributed by atoms with Crippen LogP contribution in [0.4, 0.5) is 0 Å². The Bertz CT molecular complexity index is 1100. The minimum absolute atomic E-state index is 0.0582. The van der Waals surface area contributed by atoms with Crippen molar-refractivity contribution in [3.05, 3.63) is 59.9 Å². The highest BCUT2D eigenvalue weighted by atomic mass is 16.5. The van der Waals surface area contributed by atoms with E-state index in [1.807, 2.05) is 69.3 Å². The van der Waals surface area contributed by atoms with Gasteiger partial charge in [0.2, 0.25) is 5.91 Å². The molecule has 3 aromatic rings. The molecule has 4 rings (SSSR count). The molecule has 1 aromatic heterocycles. The van der Waals surface area contributed by atoms with Gasteiger partial charge in [0.15, 0.2) is 0 Å². The van der Waals surface area contributed by atoms with Gasteiger partial charge in [-0.3, -0.25) is 4.79 Å². The van der Waals surface area contributed by atoms with E-state index in [0.717, 1.165) is 41.0 Å². The number of rotatable bonds is 6. The van der Waals surface area contributed by atoms with Crippen LogP contribution in [0.3, 0.4) is 0 Å². The van der Waals surface area contributed by atoms with Gasteiger partial charge in [0.05, 0.1) is 28.8 Å². The van der Waals surface area contributed by atoms with Gasteiger partial charge in [0.25, 0.3) is 0 Å². The summed E-state index contributed by atoms with van der Waals surface area (Å²) in [4.78, 5) is 21.5.